The molecule has 0 aliphatic rings. The summed E-state index contributed by atoms with van der Waals surface area (Å²) in [5.41, 5.74) is 1.84. The second-order valence-electron chi connectivity index (χ2n) is 6.33. The molecule has 7 heteroatoms. The number of hydrogen-bond acceptors (Lipinski definition) is 3. The van der Waals surface area contributed by atoms with E-state index in [9.17, 15) is 17.6 Å². The van der Waals surface area contributed by atoms with Crippen molar-refractivity contribution in [3.63, 3.8) is 0 Å². The van der Waals surface area contributed by atoms with E-state index in [4.69, 9.17) is 0 Å². The van der Waals surface area contributed by atoms with Gasteiger partial charge in [0.15, 0.2) is 0 Å². The Kier molecular flexibility index (Phi) is 6.02. The largest absolute Gasteiger partial charge is 0.348 e. The van der Waals surface area contributed by atoms with Gasteiger partial charge in [-0.1, -0.05) is 42.0 Å². The number of para-hydroxylation sites is 1. The summed E-state index contributed by atoms with van der Waals surface area (Å²) in [5, 5.41) is 2.79. The van der Waals surface area contributed by atoms with Crippen LogP contribution in [-0.2, 0) is 14.8 Å². The third-order valence-electron chi connectivity index (χ3n) is 4.11. The van der Waals surface area contributed by atoms with Gasteiger partial charge in [-0.3, -0.25) is 9.10 Å². The summed E-state index contributed by atoms with van der Waals surface area (Å²) in [6.45, 7) is 5.21. The first-order valence-electron chi connectivity index (χ1n) is 8.22. The van der Waals surface area contributed by atoms with Gasteiger partial charge in [0.1, 0.15) is 11.9 Å². The van der Waals surface area contributed by atoms with Crippen LogP contribution in [0.2, 0.25) is 0 Å². The molecule has 2 atom stereocenters. The van der Waals surface area contributed by atoms with Gasteiger partial charge in [-0.2, -0.15) is 0 Å². The Morgan fingerprint density at radius 2 is 1.65 bits per heavy atom. The van der Waals surface area contributed by atoms with Crippen molar-refractivity contribution in [3.8, 4) is 0 Å². The van der Waals surface area contributed by atoms with Crippen molar-refractivity contribution in [3.05, 3.63) is 65.5 Å². The number of nitrogens with zero attached hydrogens (tertiary/aromatic N) is 1. The summed E-state index contributed by atoms with van der Waals surface area (Å²) in [6, 6.07) is 11.7. The standard InChI is InChI=1S/C19H23FN2O3S/c1-13-9-11-16(12-10-13)14(2)21-19(23)15(3)22(26(4,24)25)18-8-6-5-7-17(18)20/h5-12,14-15H,1-4H3,(H,21,23)/t14-,15-/m1/s1. The quantitative estimate of drug-likeness (QED) is 0.840. The zero-order valence-corrected chi connectivity index (χ0v) is 16.0. The first kappa shape index (κ1) is 19.9. The van der Waals surface area contributed by atoms with Crippen molar-refractivity contribution in [1.82, 2.24) is 5.32 Å². The van der Waals surface area contributed by atoms with Crippen LogP contribution in [0.3, 0.4) is 0 Å². The molecule has 0 heterocycles. The summed E-state index contributed by atoms with van der Waals surface area (Å²) >= 11 is 0. The van der Waals surface area contributed by atoms with Crippen LogP contribution in [0, 0.1) is 12.7 Å². The minimum Gasteiger partial charge on any atom is -0.348 e. The molecule has 0 saturated carbocycles. The van der Waals surface area contributed by atoms with E-state index in [1.165, 1.54) is 25.1 Å². The van der Waals surface area contributed by atoms with E-state index in [0.717, 1.165) is 27.8 Å². The molecule has 140 valence electrons. The van der Waals surface area contributed by atoms with Crippen LogP contribution in [0.15, 0.2) is 48.5 Å². The first-order chi connectivity index (χ1) is 12.1. The first-order valence-corrected chi connectivity index (χ1v) is 10.1. The molecule has 0 fully saturated rings. The number of aryl methyl sites for hydroxylation is 1. The molecule has 2 rings (SSSR count). The average Bonchev–Trinajstić information content (AvgIpc) is 2.56. The maximum atomic E-state index is 14.1. The maximum absolute atomic E-state index is 14.1. The SMILES string of the molecule is Cc1ccc([C@@H](C)NC(=O)[C@@H](C)N(c2ccccc2F)S(C)(=O)=O)cc1. The summed E-state index contributed by atoms with van der Waals surface area (Å²) in [6.07, 6.45) is 0.951. The molecule has 0 bridgehead atoms. The number of hydrogen-bond donors (Lipinski definition) is 1. The van der Waals surface area contributed by atoms with Gasteiger partial charge in [0.2, 0.25) is 15.9 Å². The van der Waals surface area contributed by atoms with Gasteiger partial charge in [0.25, 0.3) is 0 Å². The minimum absolute atomic E-state index is 0.152. The number of halogens is 1. The van der Waals surface area contributed by atoms with Crippen molar-refractivity contribution >= 4 is 21.6 Å². The van der Waals surface area contributed by atoms with Crippen LogP contribution in [0.5, 0.6) is 0 Å². The number of carbonyl (C=O) groups excluding carboxylic acids is 1. The van der Waals surface area contributed by atoms with Crippen LogP contribution >= 0.6 is 0 Å². The number of sulfonamides is 1. The normalized spacial score (nSPS) is 13.7. The van der Waals surface area contributed by atoms with Crippen LogP contribution in [-0.4, -0.2) is 26.6 Å². The van der Waals surface area contributed by atoms with Crippen LogP contribution in [0.25, 0.3) is 0 Å². The number of rotatable bonds is 6. The monoisotopic (exact) mass is 378 g/mol. The van der Waals surface area contributed by atoms with Crippen LogP contribution < -0.4 is 9.62 Å². The van der Waals surface area contributed by atoms with E-state index in [1.54, 1.807) is 0 Å². The lowest BCUT2D eigenvalue weighted by molar-refractivity contribution is -0.122. The molecule has 0 spiro atoms. The Hall–Kier alpha value is -2.41. The Bertz CT molecular complexity index is 882. The molecule has 5 nitrogen and oxygen atoms in total. The lowest BCUT2D eigenvalue weighted by Gasteiger charge is -2.29. The second-order valence-corrected chi connectivity index (χ2v) is 8.19. The van der Waals surface area contributed by atoms with Gasteiger partial charge >= 0.3 is 0 Å². The lowest BCUT2D eigenvalue weighted by Crippen LogP contribution is -2.48. The zero-order chi connectivity index (χ0) is 19.5. The molecular formula is C19H23FN2O3S. The topological polar surface area (TPSA) is 66.5 Å². The highest BCUT2D eigenvalue weighted by Crippen LogP contribution is 2.24. The van der Waals surface area contributed by atoms with Gasteiger partial charge < -0.3 is 5.32 Å². The number of carbonyl (C=O) groups is 1. The zero-order valence-electron chi connectivity index (χ0n) is 15.2. The second kappa shape index (κ2) is 7.86. The molecular weight excluding hydrogens is 355 g/mol. The average molecular weight is 378 g/mol. The van der Waals surface area contributed by atoms with E-state index in [0.29, 0.717) is 0 Å². The summed E-state index contributed by atoms with van der Waals surface area (Å²) < 4.78 is 39.3. The molecule has 1 amide bonds. The summed E-state index contributed by atoms with van der Waals surface area (Å²) in [5.74, 6) is -1.21. The van der Waals surface area contributed by atoms with E-state index < -0.39 is 27.8 Å². The van der Waals surface area contributed by atoms with Gasteiger partial charge in [-0.15, -0.1) is 0 Å². The fourth-order valence-electron chi connectivity index (χ4n) is 2.68. The minimum atomic E-state index is -3.86. The number of nitrogens with one attached hydrogen (secondary N) is 1. The molecule has 0 aliphatic heterocycles. The Balaban J connectivity index is 2.25. The van der Waals surface area contributed by atoms with Crippen molar-refractivity contribution in [2.45, 2.75) is 32.9 Å². The highest BCUT2D eigenvalue weighted by atomic mass is 32.2. The number of anilines is 1. The Morgan fingerprint density at radius 3 is 2.19 bits per heavy atom. The van der Waals surface area contributed by atoms with Gasteiger partial charge in [0.05, 0.1) is 18.0 Å². The molecule has 0 aliphatic carbocycles. The van der Waals surface area contributed by atoms with E-state index in [1.807, 2.05) is 38.1 Å². The lowest BCUT2D eigenvalue weighted by atomic mass is 10.1. The predicted molar refractivity (Wildman–Crippen MR) is 101 cm³/mol. The maximum Gasteiger partial charge on any atom is 0.244 e. The van der Waals surface area contributed by atoms with Crippen molar-refractivity contribution in [2.75, 3.05) is 10.6 Å². The van der Waals surface area contributed by atoms with E-state index in [-0.39, 0.29) is 11.7 Å². The van der Waals surface area contributed by atoms with Crippen molar-refractivity contribution in [2.24, 2.45) is 0 Å². The molecule has 2 aromatic carbocycles. The molecule has 2 aromatic rings. The van der Waals surface area contributed by atoms with E-state index >= 15 is 0 Å². The molecule has 0 unspecified atom stereocenters. The fraction of sp³-hybridized carbons (Fsp3) is 0.316. The number of benzene rings is 2. The highest BCUT2D eigenvalue weighted by molar-refractivity contribution is 7.92. The Morgan fingerprint density at radius 1 is 1.08 bits per heavy atom. The van der Waals surface area contributed by atoms with Gasteiger partial charge in [-0.05, 0) is 38.5 Å². The molecule has 26 heavy (non-hydrogen) atoms. The van der Waals surface area contributed by atoms with Crippen LogP contribution in [0.1, 0.15) is 31.0 Å². The van der Waals surface area contributed by atoms with Crippen molar-refractivity contribution < 1.29 is 17.6 Å². The van der Waals surface area contributed by atoms with Crippen LogP contribution in [0.4, 0.5) is 10.1 Å². The third-order valence-corrected chi connectivity index (χ3v) is 5.34. The predicted octanol–water partition coefficient (Wildman–Crippen LogP) is 3.17. The van der Waals surface area contributed by atoms with E-state index in [2.05, 4.69) is 5.32 Å². The smallest absolute Gasteiger partial charge is 0.244 e. The molecule has 1 N–H and O–H groups in total. The Labute approximate surface area is 153 Å². The van der Waals surface area contributed by atoms with Gasteiger partial charge in [0, 0.05) is 0 Å². The molecule has 0 radical (unpaired) electrons. The molecule has 0 saturated heterocycles. The number of amides is 1. The fourth-order valence-corrected chi connectivity index (χ4v) is 3.86. The summed E-state index contributed by atoms with van der Waals surface area (Å²) in [4.78, 5) is 12.6. The van der Waals surface area contributed by atoms with Gasteiger partial charge in [-0.25, -0.2) is 12.8 Å². The third kappa shape index (κ3) is 4.60. The molecule has 0 aromatic heterocycles. The summed E-state index contributed by atoms with van der Waals surface area (Å²) in [7, 11) is -3.86. The van der Waals surface area contributed by atoms with Crippen molar-refractivity contribution in [1.29, 1.82) is 0 Å². The highest BCUT2D eigenvalue weighted by Gasteiger charge is 2.31.